The highest BCUT2D eigenvalue weighted by molar-refractivity contribution is 7.15. The lowest BCUT2D eigenvalue weighted by molar-refractivity contribution is 0.811. The molecular weight excluding hydrogens is 382 g/mol. The number of hydrogen-bond donors (Lipinski definition) is 0. The van der Waals surface area contributed by atoms with Gasteiger partial charge in [0.15, 0.2) is 0 Å². The first-order valence-corrected chi connectivity index (χ1v) is 9.45. The minimum Gasteiger partial charge on any atom is -0.266 e. The van der Waals surface area contributed by atoms with Crippen LogP contribution in [-0.2, 0) is 6.42 Å². The maximum absolute atomic E-state index is 12.7. The number of aryl methyl sites for hydroxylation is 1. The van der Waals surface area contributed by atoms with E-state index in [2.05, 4.69) is 10.1 Å². The van der Waals surface area contributed by atoms with E-state index < -0.39 is 5.56 Å². The van der Waals surface area contributed by atoms with Gasteiger partial charge in [0.2, 0.25) is 4.96 Å². The molecule has 0 saturated heterocycles. The summed E-state index contributed by atoms with van der Waals surface area (Å²) in [5.74, 6) is 0. The van der Waals surface area contributed by atoms with Crippen LogP contribution in [0.15, 0.2) is 58.1 Å². The molecule has 0 aliphatic heterocycles. The predicted molar refractivity (Wildman–Crippen MR) is 108 cm³/mol. The summed E-state index contributed by atoms with van der Waals surface area (Å²) in [5, 5.41) is 4.81. The van der Waals surface area contributed by atoms with Gasteiger partial charge in [-0.15, -0.1) is 0 Å². The Labute approximate surface area is 163 Å². The number of fused-ring (bicyclic) bond motifs is 1. The minimum atomic E-state index is -0.416. The molecule has 7 heteroatoms. The molecule has 0 saturated carbocycles. The van der Waals surface area contributed by atoms with E-state index in [0.717, 1.165) is 28.0 Å². The zero-order chi connectivity index (χ0) is 19.0. The predicted octanol–water partition coefficient (Wildman–Crippen LogP) is 2.61. The van der Waals surface area contributed by atoms with Crippen molar-refractivity contribution in [2.24, 2.45) is 0 Å². The normalized spacial score (nSPS) is 12.0. The van der Waals surface area contributed by atoms with Crippen molar-refractivity contribution in [2.75, 3.05) is 0 Å². The van der Waals surface area contributed by atoms with Gasteiger partial charge in [-0.2, -0.15) is 14.6 Å². The molecule has 4 aromatic rings. The number of benzene rings is 2. The summed E-state index contributed by atoms with van der Waals surface area (Å²) in [6.07, 6.45) is 2.02. The van der Waals surface area contributed by atoms with Crippen molar-refractivity contribution in [2.45, 2.75) is 13.3 Å². The Hall–Kier alpha value is -2.83. The molecule has 2 aromatic heterocycles. The molecule has 27 heavy (non-hydrogen) atoms. The highest BCUT2D eigenvalue weighted by atomic mass is 35.5. The minimum absolute atomic E-state index is 0.246. The van der Waals surface area contributed by atoms with E-state index in [9.17, 15) is 9.59 Å². The molecule has 0 bridgehead atoms. The van der Waals surface area contributed by atoms with Gasteiger partial charge < -0.3 is 0 Å². The fraction of sp³-hybridized carbons (Fsp3) is 0.100. The van der Waals surface area contributed by atoms with Crippen molar-refractivity contribution in [3.05, 3.63) is 101 Å². The number of hydrogen-bond acceptors (Lipinski definition) is 5. The molecule has 5 nitrogen and oxygen atoms in total. The van der Waals surface area contributed by atoms with Gasteiger partial charge in [-0.05, 0) is 30.2 Å². The Balaban J connectivity index is 1.82. The molecular formula is C20H14ClN3O2S. The van der Waals surface area contributed by atoms with E-state index in [4.69, 9.17) is 11.6 Å². The van der Waals surface area contributed by atoms with Crippen LogP contribution in [0.5, 0.6) is 0 Å². The van der Waals surface area contributed by atoms with Crippen LogP contribution in [0.3, 0.4) is 0 Å². The smallest absolute Gasteiger partial charge is 0.266 e. The van der Waals surface area contributed by atoms with Gasteiger partial charge in [-0.3, -0.25) is 9.59 Å². The van der Waals surface area contributed by atoms with Crippen molar-refractivity contribution >= 4 is 34.0 Å². The van der Waals surface area contributed by atoms with Gasteiger partial charge in [0, 0.05) is 11.4 Å². The Morgan fingerprint density at radius 1 is 1.11 bits per heavy atom. The average molecular weight is 396 g/mol. The number of aromatic nitrogens is 3. The maximum Gasteiger partial charge on any atom is 0.296 e. The van der Waals surface area contributed by atoms with Crippen LogP contribution in [0.1, 0.15) is 22.4 Å². The average Bonchev–Trinajstić information content (AvgIpc) is 2.94. The van der Waals surface area contributed by atoms with Crippen LogP contribution in [0, 0.1) is 6.92 Å². The van der Waals surface area contributed by atoms with Crippen LogP contribution in [-0.4, -0.2) is 14.6 Å². The van der Waals surface area contributed by atoms with E-state index >= 15 is 0 Å². The summed E-state index contributed by atoms with van der Waals surface area (Å²) in [6, 6.07) is 15.1. The molecule has 0 unspecified atom stereocenters. The first-order chi connectivity index (χ1) is 13.0. The van der Waals surface area contributed by atoms with Gasteiger partial charge >= 0.3 is 0 Å². The molecule has 0 aliphatic carbocycles. The third-order valence-electron chi connectivity index (χ3n) is 4.13. The lowest BCUT2D eigenvalue weighted by atomic mass is 10.1. The molecule has 0 fully saturated rings. The van der Waals surface area contributed by atoms with E-state index in [-0.39, 0.29) is 16.2 Å². The van der Waals surface area contributed by atoms with Crippen LogP contribution >= 0.6 is 22.9 Å². The molecule has 2 heterocycles. The second kappa shape index (κ2) is 7.06. The number of thiazole rings is 1. The molecule has 0 spiro atoms. The van der Waals surface area contributed by atoms with E-state index in [1.807, 2.05) is 49.4 Å². The molecule has 0 atom stereocenters. The Morgan fingerprint density at radius 2 is 1.85 bits per heavy atom. The zero-order valence-electron chi connectivity index (χ0n) is 14.3. The highest BCUT2D eigenvalue weighted by Crippen LogP contribution is 2.15. The molecule has 0 amide bonds. The lowest BCUT2D eigenvalue weighted by Crippen LogP contribution is -2.28. The van der Waals surface area contributed by atoms with Crippen LogP contribution in [0.4, 0.5) is 0 Å². The Kier molecular flexibility index (Phi) is 4.59. The summed E-state index contributed by atoms with van der Waals surface area (Å²) >= 11 is 7.28. The number of rotatable bonds is 3. The van der Waals surface area contributed by atoms with Crippen LogP contribution < -0.4 is 15.7 Å². The maximum atomic E-state index is 12.7. The molecule has 0 radical (unpaired) electrons. The quantitative estimate of drug-likeness (QED) is 0.535. The zero-order valence-corrected chi connectivity index (χ0v) is 15.9. The molecule has 4 rings (SSSR count). The van der Waals surface area contributed by atoms with E-state index in [1.165, 1.54) is 4.52 Å². The van der Waals surface area contributed by atoms with Crippen molar-refractivity contribution in [3.8, 4) is 0 Å². The summed E-state index contributed by atoms with van der Waals surface area (Å²) in [5.41, 5.74) is 2.32. The highest BCUT2D eigenvalue weighted by Gasteiger charge is 2.12. The van der Waals surface area contributed by atoms with Gasteiger partial charge in [-0.25, -0.2) is 0 Å². The van der Waals surface area contributed by atoms with Crippen molar-refractivity contribution in [3.63, 3.8) is 0 Å². The molecule has 134 valence electrons. The number of nitrogens with zero attached hydrogens (tertiary/aromatic N) is 3. The lowest BCUT2D eigenvalue weighted by Gasteiger charge is -2.01. The second-order valence-electron chi connectivity index (χ2n) is 6.16. The first-order valence-electron chi connectivity index (χ1n) is 8.26. The van der Waals surface area contributed by atoms with Crippen molar-refractivity contribution in [1.82, 2.24) is 14.6 Å². The Bertz CT molecular complexity index is 1310. The molecule has 2 aromatic carbocycles. The fourth-order valence-electron chi connectivity index (χ4n) is 2.68. The summed E-state index contributed by atoms with van der Waals surface area (Å²) in [6.45, 7) is 2.00. The van der Waals surface area contributed by atoms with Crippen LogP contribution in [0.2, 0.25) is 5.02 Å². The van der Waals surface area contributed by atoms with Gasteiger partial charge in [0.25, 0.3) is 11.1 Å². The first kappa shape index (κ1) is 17.6. The fourth-order valence-corrected chi connectivity index (χ4v) is 3.77. The third kappa shape index (κ3) is 3.54. The monoisotopic (exact) mass is 395 g/mol. The second-order valence-corrected chi connectivity index (χ2v) is 7.57. The van der Waals surface area contributed by atoms with E-state index in [1.54, 1.807) is 12.1 Å². The van der Waals surface area contributed by atoms with E-state index in [0.29, 0.717) is 16.0 Å². The third-order valence-corrected chi connectivity index (χ3v) is 5.44. The van der Waals surface area contributed by atoms with Gasteiger partial charge in [0.1, 0.15) is 5.69 Å². The number of halogens is 1. The topological polar surface area (TPSA) is 64.3 Å². The van der Waals surface area contributed by atoms with Gasteiger partial charge in [-0.1, -0.05) is 71.0 Å². The SMILES string of the molecule is Cc1ccc(Cc2nn3c(=O)/c(=C\c4ccccc4Cl)sc3nc2=O)cc1. The molecule has 0 N–H and O–H groups in total. The molecule has 0 aliphatic rings. The summed E-state index contributed by atoms with van der Waals surface area (Å²) in [4.78, 5) is 29.3. The Morgan fingerprint density at radius 3 is 2.59 bits per heavy atom. The van der Waals surface area contributed by atoms with Gasteiger partial charge in [0.05, 0.1) is 4.53 Å². The van der Waals surface area contributed by atoms with Crippen LogP contribution in [0.25, 0.3) is 11.0 Å². The largest absolute Gasteiger partial charge is 0.296 e. The standard InChI is InChI=1S/C20H14ClN3O2S/c1-12-6-8-13(9-7-12)10-16-18(25)22-20-24(23-16)19(26)17(27-20)11-14-4-2-3-5-15(14)21/h2-9,11H,10H2,1H3/b17-11+. The van der Waals surface area contributed by atoms with Crippen molar-refractivity contribution in [1.29, 1.82) is 0 Å². The summed E-state index contributed by atoms with van der Waals surface area (Å²) in [7, 11) is 0. The summed E-state index contributed by atoms with van der Waals surface area (Å²) < 4.78 is 1.62. The van der Waals surface area contributed by atoms with Crippen molar-refractivity contribution < 1.29 is 0 Å².